The highest BCUT2D eigenvalue weighted by Gasteiger charge is 2.07. The number of carbonyl (C=O) groups is 1. The molecule has 0 saturated carbocycles. The number of aliphatic hydroxyl groups excluding tert-OH is 1. The Bertz CT molecular complexity index is 322. The first-order valence-electron chi connectivity index (χ1n) is 4.97. The van der Waals surface area contributed by atoms with Gasteiger partial charge < -0.3 is 10.0 Å². The molecule has 0 aliphatic carbocycles. The zero-order chi connectivity index (χ0) is 11.3. The number of hydrogen-bond donors (Lipinski definition) is 1. The van der Waals surface area contributed by atoms with Crippen molar-refractivity contribution in [3.63, 3.8) is 0 Å². The van der Waals surface area contributed by atoms with E-state index in [-0.39, 0.29) is 12.5 Å². The molecule has 5 nitrogen and oxygen atoms in total. The van der Waals surface area contributed by atoms with Crippen molar-refractivity contribution in [1.82, 2.24) is 14.7 Å². The van der Waals surface area contributed by atoms with Crippen LogP contribution in [-0.2, 0) is 11.3 Å². The molecule has 0 saturated heterocycles. The molecular formula is C10H17N3O2. The topological polar surface area (TPSA) is 58.4 Å². The van der Waals surface area contributed by atoms with Crippen LogP contribution in [0.25, 0.3) is 0 Å². The Morgan fingerprint density at radius 3 is 2.93 bits per heavy atom. The first kappa shape index (κ1) is 11.7. The van der Waals surface area contributed by atoms with Crippen LogP contribution in [0, 0.1) is 6.92 Å². The second kappa shape index (κ2) is 5.50. The van der Waals surface area contributed by atoms with E-state index in [1.54, 1.807) is 17.9 Å². The summed E-state index contributed by atoms with van der Waals surface area (Å²) in [6.07, 6.45) is 4.08. The van der Waals surface area contributed by atoms with Crippen LogP contribution in [0.2, 0.25) is 0 Å². The maximum atomic E-state index is 11.5. The monoisotopic (exact) mass is 211 g/mol. The van der Waals surface area contributed by atoms with E-state index in [1.807, 2.05) is 13.1 Å². The van der Waals surface area contributed by atoms with Crippen molar-refractivity contribution in [3.05, 3.63) is 18.0 Å². The Morgan fingerprint density at radius 1 is 1.67 bits per heavy atom. The molecule has 5 heteroatoms. The summed E-state index contributed by atoms with van der Waals surface area (Å²) in [4.78, 5) is 13.0. The van der Waals surface area contributed by atoms with Crippen LogP contribution < -0.4 is 0 Å². The normalized spacial score (nSPS) is 10.3. The van der Waals surface area contributed by atoms with Crippen molar-refractivity contribution in [2.45, 2.75) is 19.9 Å². The minimum absolute atomic E-state index is 0.00309. The average molecular weight is 211 g/mol. The zero-order valence-electron chi connectivity index (χ0n) is 9.18. The molecule has 0 radical (unpaired) electrons. The number of carbonyl (C=O) groups excluding carboxylic acids is 1. The highest BCUT2D eigenvalue weighted by molar-refractivity contribution is 5.75. The van der Waals surface area contributed by atoms with Crippen molar-refractivity contribution in [2.75, 3.05) is 20.2 Å². The number of aryl methyl sites for hydroxylation is 2. The maximum Gasteiger partial charge on any atom is 0.224 e. The van der Waals surface area contributed by atoms with Crippen LogP contribution in [0.3, 0.4) is 0 Å². The van der Waals surface area contributed by atoms with Gasteiger partial charge in [0, 0.05) is 32.8 Å². The number of hydrogen-bond acceptors (Lipinski definition) is 3. The van der Waals surface area contributed by atoms with Crippen LogP contribution in [0.5, 0.6) is 0 Å². The maximum absolute atomic E-state index is 11.5. The number of likely N-dealkylation sites (N-methyl/N-ethyl adjacent to an activating group) is 1. The summed E-state index contributed by atoms with van der Waals surface area (Å²) in [6.45, 7) is 2.94. The standard InChI is InChI=1S/C10H17N3O2/c1-9-7-11-13(8-9)4-3-10(15)12(2)5-6-14/h7-8,14H,3-6H2,1-2H3. The van der Waals surface area contributed by atoms with E-state index in [1.165, 1.54) is 4.90 Å². The lowest BCUT2D eigenvalue weighted by Crippen LogP contribution is -2.30. The SMILES string of the molecule is Cc1cnn(CCC(=O)N(C)CCO)c1. The number of amides is 1. The quantitative estimate of drug-likeness (QED) is 0.747. The summed E-state index contributed by atoms with van der Waals surface area (Å²) < 4.78 is 1.75. The third-order valence-corrected chi connectivity index (χ3v) is 2.18. The molecule has 0 bridgehead atoms. The third-order valence-electron chi connectivity index (χ3n) is 2.18. The summed E-state index contributed by atoms with van der Waals surface area (Å²) in [5.41, 5.74) is 1.09. The van der Waals surface area contributed by atoms with Gasteiger partial charge in [-0.15, -0.1) is 0 Å². The lowest BCUT2D eigenvalue weighted by Gasteiger charge is -2.15. The zero-order valence-corrected chi connectivity index (χ0v) is 9.18. The fraction of sp³-hybridized carbons (Fsp3) is 0.600. The van der Waals surface area contributed by atoms with Gasteiger partial charge in [-0.25, -0.2) is 0 Å². The Hall–Kier alpha value is -1.36. The Morgan fingerprint density at radius 2 is 2.40 bits per heavy atom. The molecule has 0 atom stereocenters. The van der Waals surface area contributed by atoms with Gasteiger partial charge in [0.05, 0.1) is 12.8 Å². The van der Waals surface area contributed by atoms with Gasteiger partial charge in [0.15, 0.2) is 0 Å². The molecule has 1 aromatic heterocycles. The Labute approximate surface area is 89.3 Å². The van der Waals surface area contributed by atoms with Gasteiger partial charge >= 0.3 is 0 Å². The summed E-state index contributed by atoms with van der Waals surface area (Å²) >= 11 is 0. The lowest BCUT2D eigenvalue weighted by atomic mass is 10.3. The molecule has 84 valence electrons. The van der Waals surface area contributed by atoms with Crippen molar-refractivity contribution >= 4 is 5.91 Å². The van der Waals surface area contributed by atoms with Crippen LogP contribution in [-0.4, -0.2) is 45.9 Å². The van der Waals surface area contributed by atoms with Crippen molar-refractivity contribution in [2.24, 2.45) is 0 Å². The molecule has 1 heterocycles. The van der Waals surface area contributed by atoms with Gasteiger partial charge in [-0.05, 0) is 12.5 Å². The molecule has 1 rings (SSSR count). The second-order valence-electron chi connectivity index (χ2n) is 3.57. The Balaban J connectivity index is 2.34. The molecule has 1 N–H and O–H groups in total. The molecule has 1 aromatic rings. The molecule has 0 fully saturated rings. The average Bonchev–Trinajstić information content (AvgIpc) is 2.61. The van der Waals surface area contributed by atoms with E-state index in [4.69, 9.17) is 5.11 Å². The molecule has 1 amide bonds. The first-order chi connectivity index (χ1) is 7.13. The first-order valence-corrected chi connectivity index (χ1v) is 4.97. The van der Waals surface area contributed by atoms with E-state index < -0.39 is 0 Å². The lowest BCUT2D eigenvalue weighted by molar-refractivity contribution is -0.130. The second-order valence-corrected chi connectivity index (χ2v) is 3.57. The van der Waals surface area contributed by atoms with Gasteiger partial charge in [0.1, 0.15) is 0 Å². The van der Waals surface area contributed by atoms with E-state index in [0.717, 1.165) is 5.56 Å². The summed E-state index contributed by atoms with van der Waals surface area (Å²) in [7, 11) is 1.69. The molecule has 15 heavy (non-hydrogen) atoms. The van der Waals surface area contributed by atoms with Gasteiger partial charge in [-0.1, -0.05) is 0 Å². The highest BCUT2D eigenvalue weighted by Crippen LogP contribution is 1.98. The summed E-state index contributed by atoms with van der Waals surface area (Å²) in [6, 6.07) is 0. The van der Waals surface area contributed by atoms with Crippen molar-refractivity contribution < 1.29 is 9.90 Å². The summed E-state index contributed by atoms with van der Waals surface area (Å²) in [5.74, 6) is 0.0252. The third kappa shape index (κ3) is 3.71. The molecule has 0 aliphatic rings. The van der Waals surface area contributed by atoms with Gasteiger partial charge in [-0.2, -0.15) is 5.10 Å². The molecule has 0 spiro atoms. The number of nitrogens with zero attached hydrogens (tertiary/aromatic N) is 3. The number of rotatable bonds is 5. The Kier molecular flexibility index (Phi) is 4.30. The van der Waals surface area contributed by atoms with Gasteiger partial charge in [0.2, 0.25) is 5.91 Å². The van der Waals surface area contributed by atoms with E-state index in [2.05, 4.69) is 5.10 Å². The highest BCUT2D eigenvalue weighted by atomic mass is 16.3. The van der Waals surface area contributed by atoms with Gasteiger partial charge in [0.25, 0.3) is 0 Å². The fourth-order valence-corrected chi connectivity index (χ4v) is 1.26. The summed E-state index contributed by atoms with van der Waals surface area (Å²) in [5, 5.41) is 12.8. The molecule has 0 unspecified atom stereocenters. The smallest absolute Gasteiger partial charge is 0.224 e. The minimum Gasteiger partial charge on any atom is -0.395 e. The van der Waals surface area contributed by atoms with Crippen LogP contribution in [0.15, 0.2) is 12.4 Å². The van der Waals surface area contributed by atoms with Crippen molar-refractivity contribution in [3.8, 4) is 0 Å². The number of aromatic nitrogens is 2. The van der Waals surface area contributed by atoms with E-state index in [0.29, 0.717) is 19.5 Å². The van der Waals surface area contributed by atoms with Crippen LogP contribution in [0.4, 0.5) is 0 Å². The van der Waals surface area contributed by atoms with Crippen LogP contribution >= 0.6 is 0 Å². The van der Waals surface area contributed by atoms with Crippen LogP contribution in [0.1, 0.15) is 12.0 Å². The molecule has 0 aliphatic heterocycles. The molecule has 0 aromatic carbocycles. The predicted molar refractivity (Wildman–Crippen MR) is 56.3 cm³/mol. The van der Waals surface area contributed by atoms with Gasteiger partial charge in [-0.3, -0.25) is 9.48 Å². The largest absolute Gasteiger partial charge is 0.395 e. The van der Waals surface area contributed by atoms with E-state index >= 15 is 0 Å². The molecular weight excluding hydrogens is 194 g/mol. The minimum atomic E-state index is 0.00309. The predicted octanol–water partition coefficient (Wildman–Crippen LogP) is 0.0323. The fourth-order valence-electron chi connectivity index (χ4n) is 1.26. The van der Waals surface area contributed by atoms with E-state index in [9.17, 15) is 4.79 Å². The number of aliphatic hydroxyl groups is 1. The van der Waals surface area contributed by atoms with Crippen molar-refractivity contribution in [1.29, 1.82) is 0 Å².